The monoisotopic (exact) mass is 143 g/mol. The topological polar surface area (TPSA) is 17.3 Å². The van der Waals surface area contributed by atoms with E-state index in [2.05, 4.69) is 38.2 Å². The maximum Gasteiger partial charge on any atom is -0.00412 e. The third-order valence-electron chi connectivity index (χ3n) is 1.26. The van der Waals surface area contributed by atoms with Gasteiger partial charge in [0.05, 0.1) is 0 Å². The van der Waals surface area contributed by atoms with Gasteiger partial charge >= 0.3 is 0 Å². The lowest BCUT2D eigenvalue weighted by Gasteiger charge is -2.24. The molecule has 0 saturated carbocycles. The first kappa shape index (κ1) is 9.92. The molecule has 0 aromatic carbocycles. The number of rotatable bonds is 5. The Morgan fingerprint density at radius 1 is 1.30 bits per heavy atom. The van der Waals surface area contributed by atoms with Crippen LogP contribution in [-0.2, 0) is 0 Å². The van der Waals surface area contributed by atoms with Crippen LogP contribution in [0.4, 0.5) is 0 Å². The van der Waals surface area contributed by atoms with Gasteiger partial charge in [0.2, 0.25) is 0 Å². The predicted molar refractivity (Wildman–Crippen MR) is 46.5 cm³/mol. The zero-order valence-electron chi connectivity index (χ0n) is 7.59. The fraction of sp³-hybridized carbons (Fsp3) is 1.00. The van der Waals surface area contributed by atoms with Gasteiger partial charge in [-0.15, -0.1) is 12.6 Å². The van der Waals surface area contributed by atoms with Gasteiger partial charge in [0.1, 0.15) is 0 Å². The first-order valence-electron chi connectivity index (χ1n) is 3.94. The predicted octanol–water partition coefficient (Wildman–Crippen LogP) is 1.72. The van der Waals surface area contributed by atoms with Crippen molar-refractivity contribution >= 4 is 0 Å². The fourth-order valence-corrected chi connectivity index (χ4v) is 0.736. The summed E-state index contributed by atoms with van der Waals surface area (Å²) in [6, 6.07) is 0.502. The maximum atomic E-state index is 4.37. The molecule has 0 aliphatic carbocycles. The molecule has 0 saturated heterocycles. The van der Waals surface area contributed by atoms with Crippen molar-refractivity contribution in [1.29, 1.82) is 0 Å². The second kappa shape index (κ2) is 5.69. The minimum Gasteiger partial charge on any atom is -0.660 e. The van der Waals surface area contributed by atoms with Crippen LogP contribution in [0, 0.1) is 0 Å². The Balaban J connectivity index is 2.91. The summed E-state index contributed by atoms with van der Waals surface area (Å²) >= 11 is 0. The lowest BCUT2D eigenvalue weighted by molar-refractivity contribution is 0.405. The molecule has 0 unspecified atom stereocenters. The summed E-state index contributed by atoms with van der Waals surface area (Å²) in [6.07, 6.45) is 1.19. The molecule has 0 aliphatic rings. The lowest BCUT2D eigenvalue weighted by atomic mass is 10.3. The fourth-order valence-electron chi connectivity index (χ4n) is 0.736. The van der Waals surface area contributed by atoms with Gasteiger partial charge in [-0.25, -0.2) is 0 Å². The highest BCUT2D eigenvalue weighted by molar-refractivity contribution is 4.84. The maximum absolute atomic E-state index is 4.37. The van der Waals surface area contributed by atoms with Crippen LogP contribution in [-0.4, -0.2) is 38.1 Å². The normalized spacial score (nSPS) is 11.4. The summed E-state index contributed by atoms with van der Waals surface area (Å²) in [5.74, 6) is 0. The molecule has 0 aliphatic heterocycles. The highest BCUT2D eigenvalue weighted by atomic mass is 15.1. The molecule has 0 amide bonds. The van der Waals surface area contributed by atoms with Crippen molar-refractivity contribution in [3.63, 3.8) is 0 Å². The Hall–Kier alpha value is -0.0800. The summed E-state index contributed by atoms with van der Waals surface area (Å²) in [5.41, 5.74) is 0. The van der Waals surface area contributed by atoms with Crippen molar-refractivity contribution < 1.29 is 0 Å². The van der Waals surface area contributed by atoms with Crippen molar-refractivity contribution in [2.75, 3.05) is 27.2 Å². The van der Waals surface area contributed by atoms with Gasteiger partial charge in [0, 0.05) is 0 Å². The molecule has 0 spiro atoms. The van der Waals surface area contributed by atoms with Gasteiger partial charge in [-0.2, -0.15) is 0 Å². The van der Waals surface area contributed by atoms with E-state index in [1.165, 1.54) is 6.42 Å². The third kappa shape index (κ3) is 7.92. The Morgan fingerprint density at radius 3 is 2.30 bits per heavy atom. The molecule has 0 radical (unpaired) electrons. The number of hydrogen-bond acceptors (Lipinski definition) is 1. The number of nitrogens with zero attached hydrogens (tertiary/aromatic N) is 2. The van der Waals surface area contributed by atoms with E-state index in [9.17, 15) is 0 Å². The molecule has 2 nitrogen and oxygen atoms in total. The Kier molecular flexibility index (Phi) is 5.64. The van der Waals surface area contributed by atoms with Crippen LogP contribution >= 0.6 is 0 Å². The van der Waals surface area contributed by atoms with Crippen LogP contribution in [0.15, 0.2) is 0 Å². The van der Waals surface area contributed by atoms with Gasteiger partial charge < -0.3 is 10.2 Å². The van der Waals surface area contributed by atoms with Gasteiger partial charge in [-0.3, -0.25) is 0 Å². The standard InChI is InChI=1S/C8H19N2/c1-8(2)9-6-5-7-10(3)4/h8H,5-7H2,1-4H3/q-1. The van der Waals surface area contributed by atoms with E-state index in [-0.39, 0.29) is 0 Å². The van der Waals surface area contributed by atoms with Crippen LogP contribution in [0.5, 0.6) is 0 Å². The van der Waals surface area contributed by atoms with Crippen molar-refractivity contribution in [1.82, 2.24) is 4.90 Å². The summed E-state index contributed by atoms with van der Waals surface area (Å²) in [5, 5.41) is 4.37. The molecule has 0 bridgehead atoms. The third-order valence-corrected chi connectivity index (χ3v) is 1.26. The largest absolute Gasteiger partial charge is 0.660 e. The lowest BCUT2D eigenvalue weighted by Crippen LogP contribution is -2.14. The summed E-state index contributed by atoms with van der Waals surface area (Å²) in [4.78, 5) is 2.19. The van der Waals surface area contributed by atoms with E-state index in [1.54, 1.807) is 0 Å². The summed E-state index contributed by atoms with van der Waals surface area (Å²) < 4.78 is 0. The summed E-state index contributed by atoms with van der Waals surface area (Å²) in [6.45, 7) is 6.40. The molecule has 10 heavy (non-hydrogen) atoms. The van der Waals surface area contributed by atoms with E-state index in [1.807, 2.05) is 0 Å². The number of hydrogen-bond donors (Lipinski definition) is 0. The van der Waals surface area contributed by atoms with Gasteiger partial charge in [-0.05, 0) is 20.6 Å². The van der Waals surface area contributed by atoms with Crippen LogP contribution in [0.1, 0.15) is 20.3 Å². The molecule has 0 atom stereocenters. The van der Waals surface area contributed by atoms with Crippen LogP contribution in [0.3, 0.4) is 0 Å². The minimum atomic E-state index is 0.502. The average Bonchev–Trinajstić information content (AvgIpc) is 1.79. The molecule has 0 N–H and O–H groups in total. The van der Waals surface area contributed by atoms with Crippen LogP contribution in [0.2, 0.25) is 0 Å². The Morgan fingerprint density at radius 2 is 1.90 bits per heavy atom. The highest BCUT2D eigenvalue weighted by Gasteiger charge is 1.84. The van der Waals surface area contributed by atoms with E-state index >= 15 is 0 Å². The molecule has 62 valence electrons. The van der Waals surface area contributed by atoms with Crippen molar-refractivity contribution in [2.45, 2.75) is 26.3 Å². The Bertz CT molecular complexity index is 59.7. The quantitative estimate of drug-likeness (QED) is 0.536. The highest BCUT2D eigenvalue weighted by Crippen LogP contribution is 1.98. The zero-order valence-corrected chi connectivity index (χ0v) is 7.59. The smallest absolute Gasteiger partial charge is 0.00412 e. The van der Waals surface area contributed by atoms with Crippen molar-refractivity contribution in [2.24, 2.45) is 0 Å². The molecular weight excluding hydrogens is 124 g/mol. The van der Waals surface area contributed by atoms with E-state index in [4.69, 9.17) is 0 Å². The minimum absolute atomic E-state index is 0.502. The Labute approximate surface area is 64.6 Å². The first-order chi connectivity index (χ1) is 4.63. The molecular formula is C8H19N2-. The molecule has 0 aromatic heterocycles. The second-order valence-electron chi connectivity index (χ2n) is 3.16. The zero-order chi connectivity index (χ0) is 7.98. The van der Waals surface area contributed by atoms with Gasteiger partial charge in [0.15, 0.2) is 0 Å². The molecule has 0 rings (SSSR count). The van der Waals surface area contributed by atoms with Crippen LogP contribution in [0.25, 0.3) is 5.32 Å². The summed E-state index contributed by atoms with van der Waals surface area (Å²) in [7, 11) is 4.19. The van der Waals surface area contributed by atoms with E-state index in [0.29, 0.717) is 6.04 Å². The first-order valence-corrected chi connectivity index (χ1v) is 3.94. The van der Waals surface area contributed by atoms with Gasteiger partial charge in [0.25, 0.3) is 0 Å². The van der Waals surface area contributed by atoms with Gasteiger partial charge in [-0.1, -0.05) is 20.3 Å². The average molecular weight is 143 g/mol. The van der Waals surface area contributed by atoms with E-state index in [0.717, 1.165) is 13.1 Å². The second-order valence-corrected chi connectivity index (χ2v) is 3.16. The van der Waals surface area contributed by atoms with Crippen molar-refractivity contribution in [3.05, 3.63) is 5.32 Å². The molecule has 0 fully saturated rings. The molecule has 0 aromatic rings. The van der Waals surface area contributed by atoms with Crippen molar-refractivity contribution in [3.8, 4) is 0 Å². The SMILES string of the molecule is CC(C)[N-]CCCN(C)C. The van der Waals surface area contributed by atoms with Crippen LogP contribution < -0.4 is 0 Å². The van der Waals surface area contributed by atoms with E-state index < -0.39 is 0 Å². The molecule has 0 heterocycles. The molecule has 2 heteroatoms.